The molecule has 1 rings (SSSR count). The molecular formula is C12H24O. The van der Waals surface area contributed by atoms with Gasteiger partial charge in [0.2, 0.25) is 0 Å². The maximum Gasteiger partial charge on any atom is 0.0581 e. The van der Waals surface area contributed by atoms with Crippen molar-refractivity contribution in [3.8, 4) is 0 Å². The van der Waals surface area contributed by atoms with Gasteiger partial charge < -0.3 is 5.11 Å². The molecule has 0 aliphatic heterocycles. The van der Waals surface area contributed by atoms with E-state index in [0.717, 1.165) is 6.42 Å². The molecule has 0 saturated heterocycles. The summed E-state index contributed by atoms with van der Waals surface area (Å²) in [6.07, 6.45) is 0.836. The highest BCUT2D eigenvalue weighted by atomic mass is 16.3. The van der Waals surface area contributed by atoms with Gasteiger partial charge in [-0.1, -0.05) is 41.5 Å². The van der Waals surface area contributed by atoms with E-state index in [1.165, 1.54) is 0 Å². The van der Waals surface area contributed by atoms with Crippen molar-refractivity contribution in [1.29, 1.82) is 0 Å². The lowest BCUT2D eigenvalue weighted by Crippen LogP contribution is -2.16. The lowest BCUT2D eigenvalue weighted by Gasteiger charge is -2.14. The van der Waals surface area contributed by atoms with Gasteiger partial charge in [0.05, 0.1) is 6.10 Å². The van der Waals surface area contributed by atoms with Crippen molar-refractivity contribution in [1.82, 2.24) is 0 Å². The quantitative estimate of drug-likeness (QED) is 0.714. The zero-order valence-corrected chi connectivity index (χ0v) is 9.89. The molecule has 1 saturated carbocycles. The Morgan fingerprint density at radius 3 is 1.69 bits per heavy atom. The van der Waals surface area contributed by atoms with Gasteiger partial charge in [-0.25, -0.2) is 0 Å². The summed E-state index contributed by atoms with van der Waals surface area (Å²) in [6.45, 7) is 13.4. The highest BCUT2D eigenvalue weighted by Crippen LogP contribution is 2.70. The van der Waals surface area contributed by atoms with Crippen LogP contribution < -0.4 is 0 Å². The van der Waals surface area contributed by atoms with E-state index in [1.54, 1.807) is 0 Å². The van der Waals surface area contributed by atoms with E-state index in [1.807, 2.05) is 0 Å². The molecule has 0 heterocycles. The van der Waals surface area contributed by atoms with Crippen LogP contribution in [-0.4, -0.2) is 11.2 Å². The highest BCUT2D eigenvalue weighted by Gasteiger charge is 2.66. The van der Waals surface area contributed by atoms with Crippen LogP contribution in [0.2, 0.25) is 0 Å². The fourth-order valence-electron chi connectivity index (χ4n) is 2.83. The van der Waals surface area contributed by atoms with Gasteiger partial charge in [-0.05, 0) is 29.1 Å². The Labute approximate surface area is 82.5 Å². The molecule has 1 heteroatoms. The number of hydrogen-bond donors (Lipinski definition) is 1. The summed E-state index contributed by atoms with van der Waals surface area (Å²) >= 11 is 0. The van der Waals surface area contributed by atoms with Gasteiger partial charge >= 0.3 is 0 Å². The third-order valence-corrected chi connectivity index (χ3v) is 4.23. The van der Waals surface area contributed by atoms with Crippen LogP contribution in [0.3, 0.4) is 0 Å². The number of aliphatic hydroxyl groups excluding tert-OH is 1. The zero-order valence-electron chi connectivity index (χ0n) is 9.89. The fraction of sp³-hybridized carbons (Fsp3) is 1.00. The Morgan fingerprint density at radius 2 is 1.46 bits per heavy atom. The summed E-state index contributed by atoms with van der Waals surface area (Å²) in [5, 5.41) is 10.0. The van der Waals surface area contributed by atoms with Gasteiger partial charge in [0, 0.05) is 0 Å². The number of hydrogen-bond acceptors (Lipinski definition) is 1. The molecule has 0 radical (unpaired) electrons. The standard InChI is InChI=1S/C12H24O/c1-8(2)7-9(13)10-11(3,4)12(10,5)6/h8-10,13H,7H2,1-6H3. The summed E-state index contributed by atoms with van der Waals surface area (Å²) in [7, 11) is 0. The Bertz CT molecular complexity index is 177. The van der Waals surface area contributed by atoms with Gasteiger partial charge in [0.1, 0.15) is 0 Å². The smallest absolute Gasteiger partial charge is 0.0581 e. The molecule has 1 nitrogen and oxygen atoms in total. The first-order chi connectivity index (χ1) is 5.71. The van der Waals surface area contributed by atoms with E-state index in [2.05, 4.69) is 41.5 Å². The highest BCUT2D eigenvalue weighted by molar-refractivity contribution is 5.14. The van der Waals surface area contributed by atoms with Crippen molar-refractivity contribution in [3.63, 3.8) is 0 Å². The minimum absolute atomic E-state index is 0.106. The van der Waals surface area contributed by atoms with Crippen LogP contribution in [0.4, 0.5) is 0 Å². The number of rotatable bonds is 3. The molecule has 0 aromatic rings. The van der Waals surface area contributed by atoms with Gasteiger partial charge in [-0.15, -0.1) is 0 Å². The maximum absolute atomic E-state index is 10.0. The van der Waals surface area contributed by atoms with E-state index in [4.69, 9.17) is 0 Å². The first-order valence-electron chi connectivity index (χ1n) is 5.39. The SMILES string of the molecule is CC(C)CC(O)C1C(C)(C)C1(C)C. The van der Waals surface area contributed by atoms with Crippen LogP contribution in [0.15, 0.2) is 0 Å². The van der Waals surface area contributed by atoms with E-state index in [9.17, 15) is 5.11 Å². The van der Waals surface area contributed by atoms with Gasteiger partial charge in [0.25, 0.3) is 0 Å². The summed E-state index contributed by atoms with van der Waals surface area (Å²) in [5.74, 6) is 1.09. The Balaban J connectivity index is 2.57. The van der Waals surface area contributed by atoms with E-state index < -0.39 is 0 Å². The van der Waals surface area contributed by atoms with Crippen LogP contribution in [0.5, 0.6) is 0 Å². The second kappa shape index (κ2) is 2.98. The minimum atomic E-state index is -0.106. The minimum Gasteiger partial charge on any atom is -0.393 e. The van der Waals surface area contributed by atoms with Crippen LogP contribution in [-0.2, 0) is 0 Å². The van der Waals surface area contributed by atoms with Crippen molar-refractivity contribution in [2.24, 2.45) is 22.7 Å². The molecule has 1 unspecified atom stereocenters. The second-order valence-corrected chi connectivity index (χ2v) is 6.12. The van der Waals surface area contributed by atoms with Crippen molar-refractivity contribution < 1.29 is 5.11 Å². The van der Waals surface area contributed by atoms with E-state index in [-0.39, 0.29) is 6.10 Å². The Hall–Kier alpha value is -0.0400. The largest absolute Gasteiger partial charge is 0.393 e. The molecule has 1 N–H and O–H groups in total. The maximum atomic E-state index is 10.0. The van der Waals surface area contributed by atoms with Crippen LogP contribution in [0.25, 0.3) is 0 Å². The third kappa shape index (κ3) is 1.63. The third-order valence-electron chi connectivity index (χ3n) is 4.23. The van der Waals surface area contributed by atoms with Crippen molar-refractivity contribution in [3.05, 3.63) is 0 Å². The van der Waals surface area contributed by atoms with Crippen LogP contribution in [0.1, 0.15) is 48.0 Å². The fourth-order valence-corrected chi connectivity index (χ4v) is 2.83. The second-order valence-electron chi connectivity index (χ2n) is 6.12. The molecule has 0 aromatic heterocycles. The topological polar surface area (TPSA) is 20.2 Å². The van der Waals surface area contributed by atoms with Crippen molar-refractivity contribution in [2.45, 2.75) is 54.1 Å². The average molecular weight is 184 g/mol. The van der Waals surface area contributed by atoms with Gasteiger partial charge in [-0.2, -0.15) is 0 Å². The lowest BCUT2D eigenvalue weighted by atomic mass is 9.98. The molecule has 78 valence electrons. The summed E-state index contributed by atoms with van der Waals surface area (Å²) in [5.41, 5.74) is 0.641. The van der Waals surface area contributed by atoms with Crippen LogP contribution in [0, 0.1) is 22.7 Å². The van der Waals surface area contributed by atoms with Gasteiger partial charge in [0.15, 0.2) is 0 Å². The first kappa shape index (κ1) is 11.0. The normalized spacial score (nSPS) is 27.7. The monoisotopic (exact) mass is 184 g/mol. The zero-order chi connectivity index (χ0) is 10.4. The number of aliphatic hydroxyl groups is 1. The summed E-state index contributed by atoms with van der Waals surface area (Å²) < 4.78 is 0. The molecule has 13 heavy (non-hydrogen) atoms. The predicted molar refractivity (Wildman–Crippen MR) is 56.5 cm³/mol. The van der Waals surface area contributed by atoms with Gasteiger partial charge in [-0.3, -0.25) is 0 Å². The Morgan fingerprint density at radius 1 is 1.08 bits per heavy atom. The van der Waals surface area contributed by atoms with Crippen LogP contribution >= 0.6 is 0 Å². The van der Waals surface area contributed by atoms with Crippen molar-refractivity contribution in [2.75, 3.05) is 0 Å². The molecule has 0 spiro atoms. The predicted octanol–water partition coefficient (Wildman–Crippen LogP) is 3.08. The molecular weight excluding hydrogens is 160 g/mol. The van der Waals surface area contributed by atoms with E-state index in [0.29, 0.717) is 22.7 Å². The molecule has 1 aliphatic carbocycles. The molecule has 1 aliphatic rings. The average Bonchev–Trinajstić information content (AvgIpc) is 2.20. The summed E-state index contributed by atoms with van der Waals surface area (Å²) in [6, 6.07) is 0. The molecule has 1 atom stereocenters. The molecule has 1 fully saturated rings. The van der Waals surface area contributed by atoms with E-state index >= 15 is 0 Å². The lowest BCUT2D eigenvalue weighted by molar-refractivity contribution is 0.106. The molecule has 0 bridgehead atoms. The molecule has 0 aromatic carbocycles. The Kier molecular flexibility index (Phi) is 2.53. The summed E-state index contributed by atoms with van der Waals surface area (Å²) in [4.78, 5) is 0. The first-order valence-corrected chi connectivity index (χ1v) is 5.39. The van der Waals surface area contributed by atoms with Crippen molar-refractivity contribution >= 4 is 0 Å². The molecule has 0 amide bonds.